The van der Waals surface area contributed by atoms with Gasteiger partial charge in [-0.15, -0.1) is 24.0 Å². The van der Waals surface area contributed by atoms with Crippen LogP contribution in [0, 0.1) is 0 Å². The van der Waals surface area contributed by atoms with E-state index in [1.54, 1.807) is 0 Å². The molecule has 2 aliphatic rings. The largest absolute Gasteiger partial charge is 0.379 e. The van der Waals surface area contributed by atoms with E-state index in [2.05, 4.69) is 69.2 Å². The minimum atomic E-state index is 0. The van der Waals surface area contributed by atoms with Gasteiger partial charge in [-0.05, 0) is 19.4 Å². The molecule has 0 bridgehead atoms. The topological polar surface area (TPSA) is 43.3 Å². The molecule has 1 N–H and O–H groups in total. The molecule has 0 aromatic heterocycles. The Hall–Kier alpha value is -0.900. The van der Waals surface area contributed by atoms with Gasteiger partial charge in [0.2, 0.25) is 0 Å². The lowest BCUT2D eigenvalue weighted by atomic mass is 10.2. The average molecular weight is 501 g/mol. The fourth-order valence-electron chi connectivity index (χ4n) is 4.04. The van der Waals surface area contributed by atoms with E-state index in [0.29, 0.717) is 12.1 Å². The number of rotatable bonds is 5. The standard InChI is InChI=1S/C21H35N5O.HI/c1-18(26-13-14-27-17-19(26)2)15-23-21(22-3)25-11-9-24(10-12-25)16-20-7-5-4-6-8-20;/h4-8,18-19H,9-17H2,1-3H3,(H,22,23);1H. The van der Waals surface area contributed by atoms with Crippen molar-refractivity contribution in [3.05, 3.63) is 35.9 Å². The monoisotopic (exact) mass is 501 g/mol. The van der Waals surface area contributed by atoms with Gasteiger partial charge in [0.25, 0.3) is 0 Å². The molecule has 0 aliphatic carbocycles. The zero-order chi connectivity index (χ0) is 19.1. The summed E-state index contributed by atoms with van der Waals surface area (Å²) in [6.45, 7) is 13.4. The van der Waals surface area contributed by atoms with Crippen LogP contribution in [0.3, 0.4) is 0 Å². The molecular weight excluding hydrogens is 465 g/mol. The number of nitrogens with zero attached hydrogens (tertiary/aromatic N) is 4. The summed E-state index contributed by atoms with van der Waals surface area (Å²) in [6.07, 6.45) is 0. The van der Waals surface area contributed by atoms with Gasteiger partial charge in [0.05, 0.1) is 13.2 Å². The van der Waals surface area contributed by atoms with Gasteiger partial charge >= 0.3 is 0 Å². The van der Waals surface area contributed by atoms with Gasteiger partial charge in [0.15, 0.2) is 5.96 Å². The van der Waals surface area contributed by atoms with Crippen LogP contribution in [0.2, 0.25) is 0 Å². The quantitative estimate of drug-likeness (QED) is 0.381. The second kappa shape index (κ2) is 11.9. The molecule has 3 rings (SSSR count). The number of ether oxygens (including phenoxy) is 1. The summed E-state index contributed by atoms with van der Waals surface area (Å²) in [4.78, 5) is 12.0. The van der Waals surface area contributed by atoms with E-state index in [-0.39, 0.29) is 24.0 Å². The van der Waals surface area contributed by atoms with Crippen molar-refractivity contribution in [3.63, 3.8) is 0 Å². The molecular formula is C21H36IN5O. The van der Waals surface area contributed by atoms with Gasteiger partial charge in [-0.25, -0.2) is 0 Å². The summed E-state index contributed by atoms with van der Waals surface area (Å²) >= 11 is 0. The maximum absolute atomic E-state index is 5.56. The Morgan fingerprint density at radius 3 is 2.54 bits per heavy atom. The Morgan fingerprint density at radius 1 is 1.18 bits per heavy atom. The van der Waals surface area contributed by atoms with Crippen LogP contribution in [0.1, 0.15) is 19.4 Å². The number of hydrogen-bond donors (Lipinski definition) is 1. The van der Waals surface area contributed by atoms with Crippen LogP contribution < -0.4 is 5.32 Å². The normalized spacial score (nSPS) is 23.2. The Balaban J connectivity index is 0.00000280. The zero-order valence-electron chi connectivity index (χ0n) is 17.5. The smallest absolute Gasteiger partial charge is 0.193 e. The minimum Gasteiger partial charge on any atom is -0.379 e. The third kappa shape index (κ3) is 6.57. The number of hydrogen-bond acceptors (Lipinski definition) is 4. The van der Waals surface area contributed by atoms with Crippen LogP contribution in [-0.4, -0.2) is 92.3 Å². The Morgan fingerprint density at radius 2 is 1.89 bits per heavy atom. The van der Waals surface area contributed by atoms with Gasteiger partial charge in [-0.1, -0.05) is 30.3 Å². The van der Waals surface area contributed by atoms with Gasteiger partial charge < -0.3 is 15.0 Å². The van der Waals surface area contributed by atoms with E-state index < -0.39 is 0 Å². The summed E-state index contributed by atoms with van der Waals surface area (Å²) in [7, 11) is 1.89. The average Bonchev–Trinajstić information content (AvgIpc) is 2.70. The van der Waals surface area contributed by atoms with E-state index in [4.69, 9.17) is 4.74 Å². The van der Waals surface area contributed by atoms with E-state index in [1.165, 1.54) is 5.56 Å². The first-order chi connectivity index (χ1) is 13.2. The van der Waals surface area contributed by atoms with Gasteiger partial charge in [0, 0.05) is 64.9 Å². The van der Waals surface area contributed by atoms with Crippen molar-refractivity contribution >= 4 is 29.9 Å². The van der Waals surface area contributed by atoms with Crippen molar-refractivity contribution in [1.82, 2.24) is 20.0 Å². The Bertz CT molecular complexity index is 592. The predicted octanol–water partition coefficient (Wildman–Crippen LogP) is 2.11. The highest BCUT2D eigenvalue weighted by atomic mass is 127. The number of morpholine rings is 1. The van der Waals surface area contributed by atoms with E-state index in [9.17, 15) is 0 Å². The molecule has 2 fully saturated rings. The van der Waals surface area contributed by atoms with Crippen molar-refractivity contribution in [1.29, 1.82) is 0 Å². The van der Waals surface area contributed by atoms with Gasteiger partial charge in [-0.2, -0.15) is 0 Å². The van der Waals surface area contributed by atoms with Gasteiger partial charge in [0.1, 0.15) is 0 Å². The molecule has 2 heterocycles. The van der Waals surface area contributed by atoms with Crippen molar-refractivity contribution in [2.45, 2.75) is 32.5 Å². The fraction of sp³-hybridized carbons (Fsp3) is 0.667. The molecule has 0 saturated carbocycles. The first kappa shape index (κ1) is 23.4. The number of nitrogens with one attached hydrogen (secondary N) is 1. The summed E-state index contributed by atoms with van der Waals surface area (Å²) in [5.74, 6) is 1.03. The van der Waals surface area contributed by atoms with E-state index >= 15 is 0 Å². The Labute approximate surface area is 187 Å². The molecule has 0 amide bonds. The third-order valence-corrected chi connectivity index (χ3v) is 5.67. The lowest BCUT2D eigenvalue weighted by Crippen LogP contribution is -2.55. The van der Waals surface area contributed by atoms with Crippen molar-refractivity contribution in [3.8, 4) is 0 Å². The number of guanidine groups is 1. The summed E-state index contributed by atoms with van der Waals surface area (Å²) in [5.41, 5.74) is 1.39. The van der Waals surface area contributed by atoms with Crippen LogP contribution >= 0.6 is 24.0 Å². The zero-order valence-corrected chi connectivity index (χ0v) is 19.8. The molecule has 2 saturated heterocycles. The molecule has 28 heavy (non-hydrogen) atoms. The third-order valence-electron chi connectivity index (χ3n) is 5.67. The SMILES string of the molecule is CN=C(NCC(C)N1CCOCC1C)N1CCN(Cc2ccccc2)CC1.I. The molecule has 0 spiro atoms. The van der Waals surface area contributed by atoms with Crippen LogP contribution in [0.25, 0.3) is 0 Å². The highest BCUT2D eigenvalue weighted by Crippen LogP contribution is 2.11. The van der Waals surface area contributed by atoms with Gasteiger partial charge in [-0.3, -0.25) is 14.8 Å². The first-order valence-electron chi connectivity index (χ1n) is 10.2. The summed E-state index contributed by atoms with van der Waals surface area (Å²) in [5, 5.41) is 3.60. The maximum Gasteiger partial charge on any atom is 0.193 e. The van der Waals surface area contributed by atoms with Crippen molar-refractivity contribution < 1.29 is 4.74 Å². The molecule has 7 heteroatoms. The van der Waals surface area contributed by atoms with Crippen LogP contribution in [0.15, 0.2) is 35.3 Å². The fourth-order valence-corrected chi connectivity index (χ4v) is 4.04. The highest BCUT2D eigenvalue weighted by Gasteiger charge is 2.25. The van der Waals surface area contributed by atoms with Crippen molar-refractivity contribution in [2.75, 3.05) is 59.5 Å². The first-order valence-corrected chi connectivity index (χ1v) is 10.2. The van der Waals surface area contributed by atoms with Crippen LogP contribution in [0.4, 0.5) is 0 Å². The second-order valence-corrected chi connectivity index (χ2v) is 7.69. The summed E-state index contributed by atoms with van der Waals surface area (Å²) in [6, 6.07) is 11.7. The Kier molecular flexibility index (Phi) is 9.98. The molecule has 2 aliphatic heterocycles. The van der Waals surface area contributed by atoms with E-state index in [0.717, 1.165) is 65.0 Å². The molecule has 158 valence electrons. The summed E-state index contributed by atoms with van der Waals surface area (Å²) < 4.78 is 5.56. The number of benzene rings is 1. The van der Waals surface area contributed by atoms with Crippen LogP contribution in [-0.2, 0) is 11.3 Å². The minimum absolute atomic E-state index is 0. The molecule has 2 atom stereocenters. The van der Waals surface area contributed by atoms with E-state index in [1.807, 2.05) is 7.05 Å². The lowest BCUT2D eigenvalue weighted by molar-refractivity contribution is -0.0175. The highest BCUT2D eigenvalue weighted by molar-refractivity contribution is 14.0. The second-order valence-electron chi connectivity index (χ2n) is 7.69. The molecule has 2 unspecified atom stereocenters. The number of aliphatic imine (C=N–C) groups is 1. The maximum atomic E-state index is 5.56. The van der Waals surface area contributed by atoms with Crippen molar-refractivity contribution in [2.24, 2.45) is 4.99 Å². The molecule has 6 nitrogen and oxygen atoms in total. The molecule has 1 aromatic carbocycles. The molecule has 1 aromatic rings. The lowest BCUT2D eigenvalue weighted by Gasteiger charge is -2.39. The number of halogens is 1. The molecule has 0 radical (unpaired) electrons. The predicted molar refractivity (Wildman–Crippen MR) is 127 cm³/mol. The number of piperazine rings is 1. The van der Waals surface area contributed by atoms with Crippen LogP contribution in [0.5, 0.6) is 0 Å².